The van der Waals surface area contributed by atoms with Crippen LogP contribution in [0.1, 0.15) is 42.3 Å². The molecule has 2 amide bonds. The Bertz CT molecular complexity index is 882. The van der Waals surface area contributed by atoms with Gasteiger partial charge in [0.05, 0.1) is 5.02 Å². The zero-order chi connectivity index (χ0) is 20.1. The summed E-state index contributed by atoms with van der Waals surface area (Å²) >= 11 is 7.53. The van der Waals surface area contributed by atoms with Crippen LogP contribution >= 0.6 is 22.9 Å². The van der Waals surface area contributed by atoms with Gasteiger partial charge < -0.3 is 15.0 Å². The molecule has 1 aromatic heterocycles. The summed E-state index contributed by atoms with van der Waals surface area (Å²) in [6, 6.07) is 7.66. The Balaban J connectivity index is 1.49. The predicted octanol–water partition coefficient (Wildman–Crippen LogP) is 3.62. The van der Waals surface area contributed by atoms with Gasteiger partial charge in [-0.15, -0.1) is 11.3 Å². The molecule has 0 saturated carbocycles. The molecule has 150 valence electrons. The van der Waals surface area contributed by atoms with E-state index in [9.17, 15) is 14.4 Å². The van der Waals surface area contributed by atoms with Gasteiger partial charge in [0.1, 0.15) is 11.4 Å². The molecule has 1 N–H and O–H groups in total. The second-order valence-corrected chi connectivity index (χ2v) is 8.16. The van der Waals surface area contributed by atoms with Crippen LogP contribution in [0.5, 0.6) is 0 Å². The molecule has 2 heterocycles. The Morgan fingerprint density at radius 1 is 1.29 bits per heavy atom. The third-order valence-corrected chi connectivity index (χ3v) is 6.58. The van der Waals surface area contributed by atoms with Crippen molar-refractivity contribution < 1.29 is 19.1 Å². The average Bonchev–Trinajstić information content (AvgIpc) is 3.07. The smallest absolute Gasteiger partial charge is 0.325 e. The predicted molar refractivity (Wildman–Crippen MR) is 110 cm³/mol. The molecular weight excluding hydrogens is 400 g/mol. The molecule has 0 aliphatic carbocycles. The lowest BCUT2D eigenvalue weighted by atomic mass is 10.00. The number of piperidine rings is 1. The number of ether oxygens (including phenoxy) is 1. The second kappa shape index (κ2) is 9.39. The van der Waals surface area contributed by atoms with Gasteiger partial charge in [-0.25, -0.2) is 0 Å². The van der Waals surface area contributed by atoms with Crippen molar-refractivity contribution in [3.63, 3.8) is 0 Å². The van der Waals surface area contributed by atoms with Crippen LogP contribution in [-0.2, 0) is 14.3 Å². The number of hydrogen-bond donors (Lipinski definition) is 1. The van der Waals surface area contributed by atoms with E-state index in [1.165, 1.54) is 11.3 Å². The third kappa shape index (κ3) is 4.64. The van der Waals surface area contributed by atoms with Gasteiger partial charge in [0, 0.05) is 22.7 Å². The highest BCUT2D eigenvalue weighted by atomic mass is 35.5. The molecule has 3 rings (SSSR count). The molecule has 1 aliphatic rings. The third-order valence-electron chi connectivity index (χ3n) is 4.91. The first-order valence-electron chi connectivity index (χ1n) is 9.41. The number of thiophene rings is 1. The minimum atomic E-state index is -0.649. The highest BCUT2D eigenvalue weighted by Gasteiger charge is 2.26. The van der Waals surface area contributed by atoms with E-state index in [2.05, 4.69) is 12.2 Å². The topological polar surface area (TPSA) is 75.7 Å². The van der Waals surface area contributed by atoms with Crippen LogP contribution in [0.2, 0.25) is 5.02 Å². The molecule has 8 heteroatoms. The molecular formula is C20H23ClN2O4S. The number of carbonyl (C=O) groups is 3. The highest BCUT2D eigenvalue weighted by molar-refractivity contribution is 7.21. The van der Waals surface area contributed by atoms with Gasteiger partial charge in [-0.05, 0) is 31.7 Å². The number of nitrogens with one attached hydrogen (secondary N) is 1. The average molecular weight is 423 g/mol. The minimum Gasteiger partial charge on any atom is -0.454 e. The lowest BCUT2D eigenvalue weighted by Gasteiger charge is -2.35. The number of rotatable bonds is 6. The Morgan fingerprint density at radius 2 is 2.07 bits per heavy atom. The van der Waals surface area contributed by atoms with Gasteiger partial charge in [-0.2, -0.15) is 0 Å². The summed E-state index contributed by atoms with van der Waals surface area (Å²) in [5.41, 5.74) is 0. The molecule has 1 saturated heterocycles. The second-order valence-electron chi connectivity index (χ2n) is 6.73. The van der Waals surface area contributed by atoms with Crippen LogP contribution in [-0.4, -0.2) is 48.4 Å². The van der Waals surface area contributed by atoms with Gasteiger partial charge in [0.25, 0.3) is 11.8 Å². The Kier molecular flexibility index (Phi) is 6.91. The molecule has 6 nitrogen and oxygen atoms in total. The van der Waals surface area contributed by atoms with Crippen LogP contribution in [0.3, 0.4) is 0 Å². The van der Waals surface area contributed by atoms with E-state index in [4.69, 9.17) is 16.3 Å². The van der Waals surface area contributed by atoms with Crippen molar-refractivity contribution in [1.29, 1.82) is 0 Å². The molecule has 1 aromatic carbocycles. The van der Waals surface area contributed by atoms with E-state index in [0.29, 0.717) is 16.4 Å². The molecule has 28 heavy (non-hydrogen) atoms. The summed E-state index contributed by atoms with van der Waals surface area (Å²) in [5.74, 6) is -1.26. The Morgan fingerprint density at radius 3 is 2.82 bits per heavy atom. The lowest BCUT2D eigenvalue weighted by Crippen LogP contribution is -2.45. The van der Waals surface area contributed by atoms with Crippen molar-refractivity contribution in [1.82, 2.24) is 10.2 Å². The number of fused-ring (bicyclic) bond motifs is 1. The van der Waals surface area contributed by atoms with Gasteiger partial charge in [0.15, 0.2) is 6.61 Å². The number of carbonyl (C=O) groups excluding carboxylic acids is 3. The largest absolute Gasteiger partial charge is 0.454 e. The first-order chi connectivity index (χ1) is 13.5. The number of likely N-dealkylation sites (tertiary alicyclic amines) is 1. The number of hydrogen-bond acceptors (Lipinski definition) is 5. The molecule has 1 atom stereocenters. The van der Waals surface area contributed by atoms with Crippen molar-refractivity contribution >= 4 is 50.8 Å². The number of halogens is 1. The lowest BCUT2D eigenvalue weighted by molar-refractivity contribution is -0.152. The van der Waals surface area contributed by atoms with E-state index in [-0.39, 0.29) is 25.1 Å². The molecule has 1 fully saturated rings. The summed E-state index contributed by atoms with van der Waals surface area (Å²) in [6.07, 6.45) is 3.98. The van der Waals surface area contributed by atoms with Crippen LogP contribution in [0, 0.1) is 0 Å². The number of benzene rings is 1. The van der Waals surface area contributed by atoms with Crippen LogP contribution in [0.4, 0.5) is 0 Å². The molecule has 0 radical (unpaired) electrons. The van der Waals surface area contributed by atoms with Crippen molar-refractivity contribution in [2.45, 2.75) is 38.6 Å². The fourth-order valence-electron chi connectivity index (χ4n) is 3.42. The summed E-state index contributed by atoms with van der Waals surface area (Å²) < 4.78 is 5.95. The molecule has 1 aliphatic heterocycles. The van der Waals surface area contributed by atoms with Gasteiger partial charge in [0.2, 0.25) is 0 Å². The molecule has 0 bridgehead atoms. The summed E-state index contributed by atoms with van der Waals surface area (Å²) in [5, 5.41) is 3.69. The summed E-state index contributed by atoms with van der Waals surface area (Å²) in [7, 11) is 0. The fourth-order valence-corrected chi connectivity index (χ4v) is 4.86. The summed E-state index contributed by atoms with van der Waals surface area (Å²) in [4.78, 5) is 38.7. The number of amides is 2. The van der Waals surface area contributed by atoms with E-state index in [1.807, 2.05) is 24.3 Å². The fraction of sp³-hybridized carbons (Fsp3) is 0.450. The van der Waals surface area contributed by atoms with Gasteiger partial charge >= 0.3 is 5.97 Å². The quantitative estimate of drug-likeness (QED) is 0.721. The standard InChI is InChI=1S/C20H23ClN2O4S/c1-2-13-7-5-6-10-23(13)16(24)12-27-17(25)11-22-20(26)19-18(21)14-8-3-4-9-15(14)28-19/h3-4,8-9,13H,2,5-7,10-12H2,1H3,(H,22,26). The van der Waals surface area contributed by atoms with E-state index < -0.39 is 11.9 Å². The molecule has 2 aromatic rings. The van der Waals surface area contributed by atoms with Crippen molar-refractivity contribution in [3.8, 4) is 0 Å². The maximum atomic E-state index is 12.3. The maximum Gasteiger partial charge on any atom is 0.325 e. The Hall–Kier alpha value is -2.12. The monoisotopic (exact) mass is 422 g/mol. The molecule has 0 spiro atoms. The van der Waals surface area contributed by atoms with Crippen molar-refractivity contribution in [2.75, 3.05) is 19.7 Å². The minimum absolute atomic E-state index is 0.182. The highest BCUT2D eigenvalue weighted by Crippen LogP contribution is 2.34. The first kappa shape index (κ1) is 20.6. The van der Waals surface area contributed by atoms with E-state index in [1.54, 1.807) is 4.90 Å². The van der Waals surface area contributed by atoms with Crippen molar-refractivity contribution in [3.05, 3.63) is 34.2 Å². The maximum absolute atomic E-state index is 12.3. The normalized spacial score (nSPS) is 16.8. The van der Waals surface area contributed by atoms with Crippen LogP contribution in [0.25, 0.3) is 10.1 Å². The van der Waals surface area contributed by atoms with Gasteiger partial charge in [-0.1, -0.05) is 36.7 Å². The van der Waals surface area contributed by atoms with Gasteiger partial charge in [-0.3, -0.25) is 14.4 Å². The van der Waals surface area contributed by atoms with Crippen LogP contribution in [0.15, 0.2) is 24.3 Å². The Labute approximate surface area is 172 Å². The molecule has 1 unspecified atom stereocenters. The SMILES string of the molecule is CCC1CCCCN1C(=O)COC(=O)CNC(=O)c1sc2ccccc2c1Cl. The first-order valence-corrected chi connectivity index (χ1v) is 10.6. The summed E-state index contributed by atoms with van der Waals surface area (Å²) in [6.45, 7) is 2.15. The van der Waals surface area contributed by atoms with E-state index >= 15 is 0 Å². The van der Waals surface area contributed by atoms with E-state index in [0.717, 1.165) is 35.8 Å². The number of esters is 1. The van der Waals surface area contributed by atoms with Crippen molar-refractivity contribution in [2.24, 2.45) is 0 Å². The zero-order valence-corrected chi connectivity index (χ0v) is 17.3. The number of nitrogens with zero attached hydrogens (tertiary/aromatic N) is 1. The van der Waals surface area contributed by atoms with Crippen LogP contribution < -0.4 is 5.32 Å². The zero-order valence-electron chi connectivity index (χ0n) is 15.7.